The maximum Gasteiger partial charge on any atom is 0.271 e. The predicted octanol–water partition coefficient (Wildman–Crippen LogP) is 6.35. The predicted molar refractivity (Wildman–Crippen MR) is 137 cm³/mol. The van der Waals surface area contributed by atoms with Gasteiger partial charge in [0.05, 0.1) is 0 Å². The van der Waals surface area contributed by atoms with Crippen LogP contribution in [0.5, 0.6) is 0 Å². The molecule has 1 aromatic heterocycles. The van der Waals surface area contributed by atoms with Crippen molar-refractivity contribution in [3.63, 3.8) is 0 Å². The summed E-state index contributed by atoms with van der Waals surface area (Å²) in [6.07, 6.45) is 23.4. The first-order valence-corrected chi connectivity index (χ1v) is 13.3. The van der Waals surface area contributed by atoms with Crippen molar-refractivity contribution in [2.24, 2.45) is 0 Å². The molecule has 6 heteroatoms. The van der Waals surface area contributed by atoms with Crippen LogP contribution in [0, 0.1) is 0 Å². The lowest BCUT2D eigenvalue weighted by Gasteiger charge is -2.07. The van der Waals surface area contributed by atoms with Gasteiger partial charge in [-0.1, -0.05) is 70.4 Å². The Kier molecular flexibility index (Phi) is 17.0. The van der Waals surface area contributed by atoms with Gasteiger partial charge in [-0.2, -0.15) is 5.10 Å². The average Bonchev–Trinajstić information content (AvgIpc) is 3.30. The molecule has 33 heavy (non-hydrogen) atoms. The second-order valence-corrected chi connectivity index (χ2v) is 9.21. The zero-order valence-corrected chi connectivity index (χ0v) is 21.4. The standard InChI is InChI=1S/C27H48N4O2/c1-4-5-6-7-8-9-10-11-12-13-14-15-16-17-18-19-26(32)28-21-22-29-27(33)25-20-23-31(30-25)24(2)3/h11-12,20,23-24H,4-10,13-19,21-22H2,1-3H3,(H,28,32)(H,29,33)/b12-11-. The van der Waals surface area contributed by atoms with Gasteiger partial charge in [0.15, 0.2) is 0 Å². The first kappa shape index (κ1) is 28.9. The molecule has 0 spiro atoms. The summed E-state index contributed by atoms with van der Waals surface area (Å²) < 4.78 is 1.75. The molecular formula is C27H48N4O2. The number of carbonyl (C=O) groups excluding carboxylic acids is 2. The Morgan fingerprint density at radius 3 is 2.06 bits per heavy atom. The number of allylic oxidation sites excluding steroid dienone is 2. The minimum Gasteiger partial charge on any atom is -0.354 e. The second-order valence-electron chi connectivity index (χ2n) is 9.21. The molecule has 188 valence electrons. The van der Waals surface area contributed by atoms with E-state index in [1.165, 1.54) is 70.6 Å². The molecule has 0 bridgehead atoms. The van der Waals surface area contributed by atoms with Crippen molar-refractivity contribution in [3.8, 4) is 0 Å². The molecule has 0 aliphatic rings. The Hall–Kier alpha value is -2.11. The zero-order chi connectivity index (χ0) is 24.2. The Balaban J connectivity index is 1.89. The van der Waals surface area contributed by atoms with Crippen molar-refractivity contribution in [1.82, 2.24) is 20.4 Å². The molecule has 2 N–H and O–H groups in total. The van der Waals surface area contributed by atoms with Crippen LogP contribution in [0.4, 0.5) is 0 Å². The maximum absolute atomic E-state index is 12.1. The molecule has 0 saturated carbocycles. The van der Waals surface area contributed by atoms with Gasteiger partial charge < -0.3 is 10.6 Å². The van der Waals surface area contributed by atoms with E-state index in [0.29, 0.717) is 25.2 Å². The number of rotatable bonds is 20. The number of nitrogens with one attached hydrogen (secondary N) is 2. The second kappa shape index (κ2) is 19.4. The van der Waals surface area contributed by atoms with Crippen LogP contribution in [0.15, 0.2) is 24.4 Å². The number of hydrogen-bond acceptors (Lipinski definition) is 3. The fourth-order valence-corrected chi connectivity index (χ4v) is 3.66. The molecule has 1 aromatic rings. The molecular weight excluding hydrogens is 412 g/mol. The van der Waals surface area contributed by atoms with E-state index in [9.17, 15) is 9.59 Å². The van der Waals surface area contributed by atoms with E-state index in [4.69, 9.17) is 0 Å². The quantitative estimate of drug-likeness (QED) is 0.176. The lowest BCUT2D eigenvalue weighted by atomic mass is 10.1. The van der Waals surface area contributed by atoms with Gasteiger partial charge in [-0.15, -0.1) is 0 Å². The third-order valence-corrected chi connectivity index (χ3v) is 5.77. The van der Waals surface area contributed by atoms with E-state index >= 15 is 0 Å². The maximum atomic E-state index is 12.1. The molecule has 6 nitrogen and oxygen atoms in total. The van der Waals surface area contributed by atoms with Crippen molar-refractivity contribution in [3.05, 3.63) is 30.1 Å². The first-order chi connectivity index (χ1) is 16.0. The third-order valence-electron chi connectivity index (χ3n) is 5.77. The molecule has 0 aromatic carbocycles. The zero-order valence-electron chi connectivity index (χ0n) is 21.4. The van der Waals surface area contributed by atoms with Crippen molar-refractivity contribution in [1.29, 1.82) is 0 Å². The topological polar surface area (TPSA) is 76.0 Å². The Morgan fingerprint density at radius 2 is 1.45 bits per heavy atom. The molecule has 1 heterocycles. The van der Waals surface area contributed by atoms with E-state index in [1.54, 1.807) is 16.9 Å². The van der Waals surface area contributed by atoms with Crippen LogP contribution in [-0.4, -0.2) is 34.7 Å². The average molecular weight is 461 g/mol. The Morgan fingerprint density at radius 1 is 0.879 bits per heavy atom. The molecule has 0 unspecified atom stereocenters. The fourth-order valence-electron chi connectivity index (χ4n) is 3.66. The van der Waals surface area contributed by atoms with Gasteiger partial charge in [-0.25, -0.2) is 0 Å². The summed E-state index contributed by atoms with van der Waals surface area (Å²) in [6.45, 7) is 7.14. The lowest BCUT2D eigenvalue weighted by Crippen LogP contribution is -2.34. The van der Waals surface area contributed by atoms with Crippen molar-refractivity contribution in [2.45, 2.75) is 117 Å². The lowest BCUT2D eigenvalue weighted by molar-refractivity contribution is -0.121. The van der Waals surface area contributed by atoms with Gasteiger partial charge in [0.25, 0.3) is 5.91 Å². The molecule has 0 atom stereocenters. The van der Waals surface area contributed by atoms with Crippen molar-refractivity contribution < 1.29 is 9.59 Å². The van der Waals surface area contributed by atoms with Crippen LogP contribution in [0.2, 0.25) is 0 Å². The number of aromatic nitrogens is 2. The SMILES string of the molecule is CCCCCCCC/C=C\CCCCCCCC(=O)NCCNC(=O)c1ccn(C(C)C)n1. The fraction of sp³-hybridized carbons (Fsp3) is 0.741. The van der Waals surface area contributed by atoms with Gasteiger partial charge in [0.2, 0.25) is 5.91 Å². The summed E-state index contributed by atoms with van der Waals surface area (Å²) >= 11 is 0. The minimum atomic E-state index is -0.207. The first-order valence-electron chi connectivity index (χ1n) is 13.3. The normalized spacial score (nSPS) is 11.4. The van der Waals surface area contributed by atoms with Crippen molar-refractivity contribution >= 4 is 11.8 Å². The smallest absolute Gasteiger partial charge is 0.271 e. The van der Waals surface area contributed by atoms with E-state index < -0.39 is 0 Å². The number of nitrogens with zero attached hydrogens (tertiary/aromatic N) is 2. The van der Waals surface area contributed by atoms with Gasteiger partial charge in [-0.05, 0) is 52.0 Å². The van der Waals surface area contributed by atoms with Gasteiger partial charge in [0, 0.05) is 31.7 Å². The highest BCUT2D eigenvalue weighted by molar-refractivity contribution is 5.92. The molecule has 0 aliphatic heterocycles. The number of unbranched alkanes of at least 4 members (excludes halogenated alkanes) is 11. The molecule has 0 fully saturated rings. The number of amides is 2. The molecule has 1 rings (SSSR count). The summed E-state index contributed by atoms with van der Waals surface area (Å²) in [6, 6.07) is 1.93. The van der Waals surface area contributed by atoms with E-state index in [0.717, 1.165) is 12.8 Å². The minimum absolute atomic E-state index is 0.0611. The summed E-state index contributed by atoms with van der Waals surface area (Å²) in [5.74, 6) is -0.146. The number of carbonyl (C=O) groups is 2. The van der Waals surface area contributed by atoms with Crippen LogP contribution >= 0.6 is 0 Å². The summed E-state index contributed by atoms with van der Waals surface area (Å²) in [5.41, 5.74) is 0.406. The highest BCUT2D eigenvalue weighted by atomic mass is 16.2. The van der Waals surface area contributed by atoms with Gasteiger partial charge in [0.1, 0.15) is 5.69 Å². The molecule has 0 aliphatic carbocycles. The van der Waals surface area contributed by atoms with Crippen LogP contribution < -0.4 is 10.6 Å². The van der Waals surface area contributed by atoms with Gasteiger partial charge in [-0.3, -0.25) is 14.3 Å². The van der Waals surface area contributed by atoms with Gasteiger partial charge >= 0.3 is 0 Å². The monoisotopic (exact) mass is 460 g/mol. The summed E-state index contributed by atoms with van der Waals surface area (Å²) in [4.78, 5) is 24.0. The van der Waals surface area contributed by atoms with Crippen LogP contribution in [-0.2, 0) is 4.79 Å². The third kappa shape index (κ3) is 15.4. The molecule has 2 amide bonds. The van der Waals surface area contributed by atoms with E-state index in [2.05, 4.69) is 34.8 Å². The highest BCUT2D eigenvalue weighted by Crippen LogP contribution is 2.10. The van der Waals surface area contributed by atoms with Crippen LogP contribution in [0.1, 0.15) is 127 Å². The molecule has 0 saturated heterocycles. The van der Waals surface area contributed by atoms with Crippen molar-refractivity contribution in [2.75, 3.05) is 13.1 Å². The van der Waals surface area contributed by atoms with Crippen LogP contribution in [0.3, 0.4) is 0 Å². The highest BCUT2D eigenvalue weighted by Gasteiger charge is 2.10. The molecule has 0 radical (unpaired) electrons. The largest absolute Gasteiger partial charge is 0.354 e. The summed E-state index contributed by atoms with van der Waals surface area (Å²) in [7, 11) is 0. The Labute approximate surface area is 202 Å². The van der Waals surface area contributed by atoms with E-state index in [-0.39, 0.29) is 17.9 Å². The van der Waals surface area contributed by atoms with Crippen LogP contribution in [0.25, 0.3) is 0 Å². The Bertz CT molecular complexity index is 667. The summed E-state index contributed by atoms with van der Waals surface area (Å²) in [5, 5.41) is 9.91. The van der Waals surface area contributed by atoms with E-state index in [1.807, 2.05) is 13.8 Å². The number of hydrogen-bond donors (Lipinski definition) is 2.